The van der Waals surface area contributed by atoms with Crippen LogP contribution in [0.15, 0.2) is 23.8 Å². The lowest BCUT2D eigenvalue weighted by atomic mass is 9.57. The van der Waals surface area contributed by atoms with E-state index in [0.29, 0.717) is 12.3 Å². The molecule has 0 bridgehead atoms. The third-order valence-corrected chi connectivity index (χ3v) is 4.82. The summed E-state index contributed by atoms with van der Waals surface area (Å²) >= 11 is 0. The fourth-order valence-electron chi connectivity index (χ4n) is 3.38. The Hall–Kier alpha value is -1.38. The minimum absolute atomic E-state index is 0.114. The van der Waals surface area contributed by atoms with E-state index in [1.165, 1.54) is 0 Å². The Morgan fingerprint density at radius 2 is 2.22 bits per heavy atom. The maximum absolute atomic E-state index is 12.2. The predicted molar refractivity (Wildman–Crippen MR) is 69.1 cm³/mol. The molecule has 18 heavy (non-hydrogen) atoms. The van der Waals surface area contributed by atoms with Crippen molar-refractivity contribution in [3.63, 3.8) is 0 Å². The molecule has 2 aliphatic carbocycles. The maximum atomic E-state index is 12.2. The highest BCUT2D eigenvalue weighted by atomic mass is 16.4. The zero-order valence-electron chi connectivity index (χ0n) is 11.0. The first kappa shape index (κ1) is 13.1. The average Bonchev–Trinajstić information content (AvgIpc) is 2.30. The standard InChI is InChI=1S/C15H20O3/c1-9-5-4-6-12-13(16)7-11(8-15(9,12)3)10(2)14(17)18/h6,9,11H,2,4-5,7-8H2,1,3H3,(H,17,18). The van der Waals surface area contributed by atoms with Crippen molar-refractivity contribution >= 4 is 11.8 Å². The molecule has 0 aromatic heterocycles. The second kappa shape index (κ2) is 4.38. The molecule has 3 heteroatoms. The highest BCUT2D eigenvalue weighted by Gasteiger charge is 2.46. The lowest BCUT2D eigenvalue weighted by Crippen LogP contribution is -2.41. The van der Waals surface area contributed by atoms with Crippen LogP contribution in [0.4, 0.5) is 0 Å². The minimum atomic E-state index is -0.979. The van der Waals surface area contributed by atoms with E-state index in [1.54, 1.807) is 0 Å². The molecule has 0 amide bonds. The van der Waals surface area contributed by atoms with Crippen LogP contribution in [0.2, 0.25) is 0 Å². The molecule has 0 aliphatic heterocycles. The maximum Gasteiger partial charge on any atom is 0.331 e. The van der Waals surface area contributed by atoms with Crippen LogP contribution in [-0.4, -0.2) is 16.9 Å². The van der Waals surface area contributed by atoms with Gasteiger partial charge < -0.3 is 5.11 Å². The molecular formula is C15H20O3. The summed E-state index contributed by atoms with van der Waals surface area (Å²) in [5.41, 5.74) is 0.938. The first-order valence-electron chi connectivity index (χ1n) is 6.52. The number of hydrogen-bond donors (Lipinski definition) is 1. The fourth-order valence-corrected chi connectivity index (χ4v) is 3.38. The van der Waals surface area contributed by atoms with Crippen molar-refractivity contribution in [3.8, 4) is 0 Å². The molecule has 0 saturated heterocycles. The van der Waals surface area contributed by atoms with Gasteiger partial charge in [-0.2, -0.15) is 0 Å². The van der Waals surface area contributed by atoms with Crippen LogP contribution in [0.5, 0.6) is 0 Å². The molecule has 0 aromatic rings. The van der Waals surface area contributed by atoms with Gasteiger partial charge in [0.05, 0.1) is 0 Å². The molecule has 3 nitrogen and oxygen atoms in total. The van der Waals surface area contributed by atoms with Crippen molar-refractivity contribution in [3.05, 3.63) is 23.8 Å². The normalized spacial score (nSPS) is 35.7. The van der Waals surface area contributed by atoms with Gasteiger partial charge in [0, 0.05) is 12.0 Å². The number of carbonyl (C=O) groups excluding carboxylic acids is 1. The van der Waals surface area contributed by atoms with Gasteiger partial charge in [-0.25, -0.2) is 4.79 Å². The van der Waals surface area contributed by atoms with Crippen LogP contribution < -0.4 is 0 Å². The van der Waals surface area contributed by atoms with Crippen molar-refractivity contribution in [1.82, 2.24) is 0 Å². The van der Waals surface area contributed by atoms with Crippen molar-refractivity contribution in [1.29, 1.82) is 0 Å². The smallest absolute Gasteiger partial charge is 0.331 e. The molecule has 2 rings (SSSR count). The molecule has 1 fully saturated rings. The van der Waals surface area contributed by atoms with E-state index in [4.69, 9.17) is 5.11 Å². The van der Waals surface area contributed by atoms with E-state index >= 15 is 0 Å². The second-order valence-electron chi connectivity index (χ2n) is 5.87. The Labute approximate surface area is 108 Å². The molecule has 1 N–H and O–H groups in total. The molecule has 2 aliphatic rings. The summed E-state index contributed by atoms with van der Waals surface area (Å²) in [6, 6.07) is 0. The van der Waals surface area contributed by atoms with Gasteiger partial charge in [0.25, 0.3) is 0 Å². The minimum Gasteiger partial charge on any atom is -0.478 e. The Balaban J connectivity index is 2.33. The first-order valence-corrected chi connectivity index (χ1v) is 6.52. The van der Waals surface area contributed by atoms with E-state index in [-0.39, 0.29) is 22.7 Å². The Kier molecular flexibility index (Phi) is 3.18. The third-order valence-electron chi connectivity index (χ3n) is 4.82. The van der Waals surface area contributed by atoms with Gasteiger partial charge in [0.1, 0.15) is 0 Å². The summed E-state index contributed by atoms with van der Waals surface area (Å²) < 4.78 is 0. The predicted octanol–water partition coefficient (Wildman–Crippen LogP) is 2.97. The lowest BCUT2D eigenvalue weighted by molar-refractivity contribution is -0.133. The summed E-state index contributed by atoms with van der Waals surface area (Å²) in [6.45, 7) is 7.89. The number of aliphatic carboxylic acids is 1. The monoisotopic (exact) mass is 248 g/mol. The quantitative estimate of drug-likeness (QED) is 0.764. The third kappa shape index (κ3) is 1.92. The molecule has 0 radical (unpaired) electrons. The Morgan fingerprint density at radius 1 is 1.56 bits per heavy atom. The number of fused-ring (bicyclic) bond motifs is 1. The van der Waals surface area contributed by atoms with Gasteiger partial charge in [-0.1, -0.05) is 26.5 Å². The molecule has 0 heterocycles. The topological polar surface area (TPSA) is 54.4 Å². The van der Waals surface area contributed by atoms with Crippen molar-refractivity contribution < 1.29 is 14.7 Å². The van der Waals surface area contributed by atoms with Gasteiger partial charge >= 0.3 is 5.97 Å². The summed E-state index contributed by atoms with van der Waals surface area (Å²) in [5.74, 6) is -0.654. The van der Waals surface area contributed by atoms with E-state index in [1.807, 2.05) is 0 Å². The molecular weight excluding hydrogens is 228 g/mol. The van der Waals surface area contributed by atoms with E-state index < -0.39 is 5.97 Å². The molecule has 3 atom stereocenters. The zero-order valence-corrected chi connectivity index (χ0v) is 11.0. The highest BCUT2D eigenvalue weighted by Crippen LogP contribution is 2.51. The average molecular weight is 248 g/mol. The molecule has 1 saturated carbocycles. The zero-order chi connectivity index (χ0) is 13.5. The van der Waals surface area contributed by atoms with Gasteiger partial charge in [0.15, 0.2) is 5.78 Å². The number of carboxylic acids is 1. The molecule has 98 valence electrons. The van der Waals surface area contributed by atoms with Crippen LogP contribution >= 0.6 is 0 Å². The van der Waals surface area contributed by atoms with E-state index in [9.17, 15) is 9.59 Å². The summed E-state index contributed by atoms with van der Waals surface area (Å²) in [4.78, 5) is 23.2. The molecule has 3 unspecified atom stereocenters. The number of allylic oxidation sites excluding steroid dienone is 2. The van der Waals surface area contributed by atoms with Gasteiger partial charge in [0.2, 0.25) is 0 Å². The van der Waals surface area contributed by atoms with Crippen molar-refractivity contribution in [2.24, 2.45) is 17.3 Å². The van der Waals surface area contributed by atoms with Gasteiger partial charge in [-0.3, -0.25) is 4.79 Å². The number of rotatable bonds is 2. The van der Waals surface area contributed by atoms with Crippen molar-refractivity contribution in [2.75, 3.05) is 0 Å². The second-order valence-corrected chi connectivity index (χ2v) is 5.87. The van der Waals surface area contributed by atoms with Gasteiger partial charge in [-0.05, 0) is 42.1 Å². The van der Waals surface area contributed by atoms with Crippen LogP contribution in [0.25, 0.3) is 0 Å². The highest BCUT2D eigenvalue weighted by molar-refractivity contribution is 5.99. The Bertz CT molecular complexity index is 447. The number of carbonyl (C=O) groups is 2. The summed E-state index contributed by atoms with van der Waals surface area (Å²) in [5, 5.41) is 9.04. The van der Waals surface area contributed by atoms with E-state index in [0.717, 1.165) is 24.8 Å². The fraction of sp³-hybridized carbons (Fsp3) is 0.600. The van der Waals surface area contributed by atoms with Crippen molar-refractivity contribution in [2.45, 2.75) is 39.5 Å². The SMILES string of the molecule is C=C(C(=O)O)C1CC(=O)C2=CCCC(C)C2(C)C1. The number of hydrogen-bond acceptors (Lipinski definition) is 2. The van der Waals surface area contributed by atoms with E-state index in [2.05, 4.69) is 26.5 Å². The molecule has 0 aromatic carbocycles. The molecule has 0 spiro atoms. The largest absolute Gasteiger partial charge is 0.478 e. The van der Waals surface area contributed by atoms with Crippen LogP contribution in [0, 0.1) is 17.3 Å². The lowest BCUT2D eigenvalue weighted by Gasteiger charge is -2.46. The number of Topliss-reactive ketones (excluding diaryl/α,β-unsaturated/α-hetero) is 1. The number of ketones is 1. The first-order chi connectivity index (χ1) is 8.36. The van der Waals surface area contributed by atoms with Gasteiger partial charge in [-0.15, -0.1) is 0 Å². The summed E-state index contributed by atoms with van der Waals surface area (Å²) in [6.07, 6.45) is 5.13. The summed E-state index contributed by atoms with van der Waals surface area (Å²) in [7, 11) is 0. The number of carboxylic acid groups (broad SMARTS) is 1. The van der Waals surface area contributed by atoms with Crippen LogP contribution in [0.1, 0.15) is 39.5 Å². The Morgan fingerprint density at radius 3 is 2.83 bits per heavy atom. The van der Waals surface area contributed by atoms with Crippen LogP contribution in [-0.2, 0) is 9.59 Å². The van der Waals surface area contributed by atoms with Crippen LogP contribution in [0.3, 0.4) is 0 Å².